The minimum atomic E-state index is 0.262. The molecular formula is C13H21NOS. The molecular weight excluding hydrogens is 218 g/mol. The summed E-state index contributed by atoms with van der Waals surface area (Å²) in [4.78, 5) is 1.31. The van der Waals surface area contributed by atoms with Crippen molar-refractivity contribution in [3.8, 4) is 0 Å². The number of rotatable bonds is 6. The monoisotopic (exact) mass is 239 g/mol. The molecule has 16 heavy (non-hydrogen) atoms. The van der Waals surface area contributed by atoms with Gasteiger partial charge in [0.2, 0.25) is 0 Å². The molecule has 0 aliphatic carbocycles. The van der Waals surface area contributed by atoms with Gasteiger partial charge in [-0.1, -0.05) is 25.1 Å². The molecule has 0 fully saturated rings. The zero-order valence-electron chi connectivity index (χ0n) is 10.2. The largest absolute Gasteiger partial charge is 0.396 e. The van der Waals surface area contributed by atoms with Crippen LogP contribution in [-0.2, 0) is 0 Å². The third-order valence-electron chi connectivity index (χ3n) is 2.68. The van der Waals surface area contributed by atoms with Gasteiger partial charge in [0.25, 0.3) is 0 Å². The quantitative estimate of drug-likeness (QED) is 0.749. The Balaban J connectivity index is 2.78. The van der Waals surface area contributed by atoms with Gasteiger partial charge in [-0.2, -0.15) is 0 Å². The zero-order chi connectivity index (χ0) is 12.0. The zero-order valence-corrected chi connectivity index (χ0v) is 11.1. The number of hydrogen-bond donors (Lipinski definition) is 2. The summed E-state index contributed by atoms with van der Waals surface area (Å²) < 4.78 is 0. The molecule has 0 aromatic heterocycles. The third-order valence-corrected chi connectivity index (χ3v) is 3.95. The Morgan fingerprint density at radius 2 is 2.00 bits per heavy atom. The lowest BCUT2D eigenvalue weighted by molar-refractivity contribution is 0.289. The number of thioether (sulfide) groups is 1. The van der Waals surface area contributed by atoms with Crippen LogP contribution < -0.4 is 5.32 Å². The van der Waals surface area contributed by atoms with Gasteiger partial charge in [-0.3, -0.25) is 0 Å². The molecule has 3 heteroatoms. The molecule has 0 saturated carbocycles. The first kappa shape index (κ1) is 13.6. The summed E-state index contributed by atoms with van der Waals surface area (Å²) in [5.41, 5.74) is 1.33. The van der Waals surface area contributed by atoms with Crippen LogP contribution in [0, 0.1) is 0 Å². The maximum atomic E-state index is 8.91. The Hall–Kier alpha value is -0.510. The first-order valence-electron chi connectivity index (χ1n) is 5.72. The number of aliphatic hydroxyl groups is 1. The molecule has 2 unspecified atom stereocenters. The molecule has 0 spiro atoms. The van der Waals surface area contributed by atoms with Gasteiger partial charge in [0.05, 0.1) is 0 Å². The van der Waals surface area contributed by atoms with Gasteiger partial charge in [-0.25, -0.2) is 0 Å². The number of hydrogen-bond acceptors (Lipinski definition) is 3. The number of benzene rings is 1. The average Bonchev–Trinajstić information content (AvgIpc) is 2.29. The molecule has 1 aromatic carbocycles. The molecule has 0 aliphatic rings. The SMILES string of the molecule is CNC(C)c1ccccc1SC(C)CCO. The molecule has 0 amide bonds. The molecule has 0 aliphatic heterocycles. The van der Waals surface area contributed by atoms with Crippen molar-refractivity contribution < 1.29 is 5.11 Å². The molecule has 0 saturated heterocycles. The van der Waals surface area contributed by atoms with E-state index in [1.54, 1.807) is 0 Å². The predicted molar refractivity (Wildman–Crippen MR) is 70.9 cm³/mol. The van der Waals surface area contributed by atoms with E-state index < -0.39 is 0 Å². The highest BCUT2D eigenvalue weighted by atomic mass is 32.2. The Morgan fingerprint density at radius 3 is 2.62 bits per heavy atom. The van der Waals surface area contributed by atoms with Gasteiger partial charge in [0.15, 0.2) is 0 Å². The van der Waals surface area contributed by atoms with E-state index in [2.05, 4.69) is 43.4 Å². The van der Waals surface area contributed by atoms with Crippen molar-refractivity contribution in [1.29, 1.82) is 0 Å². The molecule has 0 radical (unpaired) electrons. The fourth-order valence-corrected chi connectivity index (χ4v) is 2.75. The topological polar surface area (TPSA) is 32.3 Å². The summed E-state index contributed by atoms with van der Waals surface area (Å²) in [5, 5.41) is 12.6. The molecule has 1 rings (SSSR count). The number of aliphatic hydroxyl groups excluding tert-OH is 1. The molecule has 2 nitrogen and oxygen atoms in total. The van der Waals surface area contributed by atoms with Crippen molar-refractivity contribution in [1.82, 2.24) is 5.32 Å². The van der Waals surface area contributed by atoms with Crippen molar-refractivity contribution in [3.05, 3.63) is 29.8 Å². The Bertz CT molecular complexity index is 317. The van der Waals surface area contributed by atoms with E-state index in [9.17, 15) is 0 Å². The second kappa shape index (κ2) is 6.94. The fraction of sp³-hybridized carbons (Fsp3) is 0.538. The van der Waals surface area contributed by atoms with Gasteiger partial charge in [0, 0.05) is 22.8 Å². The van der Waals surface area contributed by atoms with E-state index in [-0.39, 0.29) is 6.61 Å². The summed E-state index contributed by atoms with van der Waals surface area (Å²) in [6.07, 6.45) is 0.840. The first-order chi connectivity index (χ1) is 7.69. The van der Waals surface area contributed by atoms with Crippen LogP contribution in [0.1, 0.15) is 31.9 Å². The Kier molecular flexibility index (Phi) is 5.88. The van der Waals surface area contributed by atoms with Gasteiger partial charge in [-0.15, -0.1) is 11.8 Å². The van der Waals surface area contributed by atoms with Crippen molar-refractivity contribution >= 4 is 11.8 Å². The van der Waals surface area contributed by atoms with Crippen LogP contribution in [0.4, 0.5) is 0 Å². The highest BCUT2D eigenvalue weighted by Crippen LogP contribution is 2.31. The average molecular weight is 239 g/mol. The van der Waals surface area contributed by atoms with E-state index in [0.29, 0.717) is 11.3 Å². The van der Waals surface area contributed by atoms with Gasteiger partial charge >= 0.3 is 0 Å². The lowest BCUT2D eigenvalue weighted by atomic mass is 10.1. The highest BCUT2D eigenvalue weighted by Gasteiger charge is 2.11. The Labute approximate surface area is 102 Å². The van der Waals surface area contributed by atoms with E-state index >= 15 is 0 Å². The van der Waals surface area contributed by atoms with Crippen LogP contribution in [-0.4, -0.2) is 24.0 Å². The molecule has 1 aromatic rings. The van der Waals surface area contributed by atoms with E-state index in [1.165, 1.54) is 10.5 Å². The molecule has 90 valence electrons. The van der Waals surface area contributed by atoms with E-state index in [1.807, 2.05) is 18.8 Å². The van der Waals surface area contributed by atoms with Gasteiger partial charge in [-0.05, 0) is 32.0 Å². The minimum absolute atomic E-state index is 0.262. The summed E-state index contributed by atoms with van der Waals surface area (Å²) in [5.74, 6) is 0. The van der Waals surface area contributed by atoms with Crippen molar-refractivity contribution in [3.63, 3.8) is 0 Å². The predicted octanol–water partition coefficient (Wildman–Crippen LogP) is 2.83. The summed E-state index contributed by atoms with van der Waals surface area (Å²) in [7, 11) is 1.98. The van der Waals surface area contributed by atoms with Crippen LogP contribution in [0.3, 0.4) is 0 Å². The minimum Gasteiger partial charge on any atom is -0.396 e. The maximum Gasteiger partial charge on any atom is 0.0441 e. The Morgan fingerprint density at radius 1 is 1.31 bits per heavy atom. The summed E-state index contributed by atoms with van der Waals surface area (Å²) >= 11 is 1.84. The van der Waals surface area contributed by atoms with Crippen molar-refractivity contribution in [2.75, 3.05) is 13.7 Å². The van der Waals surface area contributed by atoms with Crippen LogP contribution >= 0.6 is 11.8 Å². The maximum absolute atomic E-state index is 8.91. The van der Waals surface area contributed by atoms with Crippen LogP contribution in [0.5, 0.6) is 0 Å². The third kappa shape index (κ3) is 3.81. The molecule has 0 bridgehead atoms. The van der Waals surface area contributed by atoms with Crippen LogP contribution in [0.15, 0.2) is 29.2 Å². The lowest BCUT2D eigenvalue weighted by Gasteiger charge is -2.17. The summed E-state index contributed by atoms with van der Waals surface area (Å²) in [6, 6.07) is 8.82. The molecule has 2 atom stereocenters. The van der Waals surface area contributed by atoms with Crippen molar-refractivity contribution in [2.24, 2.45) is 0 Å². The van der Waals surface area contributed by atoms with Crippen molar-refractivity contribution in [2.45, 2.75) is 36.5 Å². The number of nitrogens with one attached hydrogen (secondary N) is 1. The smallest absolute Gasteiger partial charge is 0.0441 e. The second-order valence-electron chi connectivity index (χ2n) is 3.99. The molecule has 2 N–H and O–H groups in total. The van der Waals surface area contributed by atoms with Crippen LogP contribution in [0.25, 0.3) is 0 Å². The summed E-state index contributed by atoms with van der Waals surface area (Å²) in [6.45, 7) is 4.58. The van der Waals surface area contributed by atoms with E-state index in [4.69, 9.17) is 5.11 Å². The van der Waals surface area contributed by atoms with Gasteiger partial charge in [0.1, 0.15) is 0 Å². The highest BCUT2D eigenvalue weighted by molar-refractivity contribution is 8.00. The van der Waals surface area contributed by atoms with E-state index in [0.717, 1.165) is 6.42 Å². The fourth-order valence-electron chi connectivity index (χ4n) is 1.56. The standard InChI is InChI=1S/C13H21NOS/c1-10(8-9-15)16-13-7-5-4-6-12(13)11(2)14-3/h4-7,10-11,14-15H,8-9H2,1-3H3. The van der Waals surface area contributed by atoms with Crippen LogP contribution in [0.2, 0.25) is 0 Å². The lowest BCUT2D eigenvalue weighted by Crippen LogP contribution is -2.13. The first-order valence-corrected chi connectivity index (χ1v) is 6.60. The van der Waals surface area contributed by atoms with Gasteiger partial charge < -0.3 is 10.4 Å². The molecule has 0 heterocycles. The second-order valence-corrected chi connectivity index (χ2v) is 5.47. The normalized spacial score (nSPS) is 14.8.